The highest BCUT2D eigenvalue weighted by Crippen LogP contribution is 2.20. The number of hydrogen-bond acceptors (Lipinski definition) is 4. The van der Waals surface area contributed by atoms with Crippen LogP contribution >= 0.6 is 0 Å². The van der Waals surface area contributed by atoms with Crippen LogP contribution in [-0.4, -0.2) is 45.4 Å². The van der Waals surface area contributed by atoms with E-state index in [0.29, 0.717) is 13.2 Å². The first kappa shape index (κ1) is 20.6. The van der Waals surface area contributed by atoms with Crippen LogP contribution < -0.4 is 4.74 Å². The lowest BCUT2D eigenvalue weighted by atomic mass is 10.1. The second kappa shape index (κ2) is 9.45. The van der Waals surface area contributed by atoms with Crippen molar-refractivity contribution in [3.05, 3.63) is 82.9 Å². The van der Waals surface area contributed by atoms with Gasteiger partial charge < -0.3 is 14.4 Å². The predicted molar refractivity (Wildman–Crippen MR) is 119 cm³/mol. The number of nitrogens with zero attached hydrogens (tertiary/aromatic N) is 3. The van der Waals surface area contributed by atoms with Crippen LogP contribution in [0.2, 0.25) is 0 Å². The average molecular weight is 406 g/mol. The Bertz CT molecular complexity index is 948. The normalized spacial score (nSPS) is 15.0. The Hall–Kier alpha value is -2.63. The third-order valence-corrected chi connectivity index (χ3v) is 5.66. The van der Waals surface area contributed by atoms with Crippen LogP contribution in [0.5, 0.6) is 5.75 Å². The number of aliphatic hydroxyl groups is 1. The fourth-order valence-electron chi connectivity index (χ4n) is 4.23. The molecule has 4 rings (SSSR count). The quantitative estimate of drug-likeness (QED) is 0.623. The van der Waals surface area contributed by atoms with E-state index in [0.717, 1.165) is 43.9 Å². The van der Waals surface area contributed by atoms with E-state index in [-0.39, 0.29) is 0 Å². The zero-order chi connectivity index (χ0) is 20.9. The summed E-state index contributed by atoms with van der Waals surface area (Å²) in [6.45, 7) is 7.69. The van der Waals surface area contributed by atoms with Crippen LogP contribution in [0.3, 0.4) is 0 Å². The number of benzene rings is 2. The van der Waals surface area contributed by atoms with Crippen molar-refractivity contribution in [3.63, 3.8) is 0 Å². The number of β-amino-alcohol motifs (C(OH)–C–C–N with tert-alkyl or cyclic N) is 1. The fraction of sp³-hybridized carbons (Fsp3) is 0.400. The highest BCUT2D eigenvalue weighted by atomic mass is 16.5. The van der Waals surface area contributed by atoms with E-state index in [2.05, 4.69) is 64.7 Å². The minimum Gasteiger partial charge on any atom is -0.491 e. The molecule has 0 amide bonds. The Balaban J connectivity index is 1.27. The molecule has 0 fully saturated rings. The van der Waals surface area contributed by atoms with Gasteiger partial charge in [0.05, 0.1) is 12.0 Å². The summed E-state index contributed by atoms with van der Waals surface area (Å²) < 4.78 is 8.11. The van der Waals surface area contributed by atoms with Crippen molar-refractivity contribution in [3.8, 4) is 5.75 Å². The van der Waals surface area contributed by atoms with Gasteiger partial charge in [0.25, 0.3) is 0 Å². The summed E-state index contributed by atoms with van der Waals surface area (Å²) in [6, 6.07) is 16.7. The van der Waals surface area contributed by atoms with Crippen molar-refractivity contribution in [2.24, 2.45) is 0 Å². The maximum Gasteiger partial charge on any atom is 0.119 e. The van der Waals surface area contributed by atoms with Crippen molar-refractivity contribution in [2.45, 2.75) is 45.9 Å². The Morgan fingerprint density at radius 3 is 2.63 bits per heavy atom. The first-order valence-corrected chi connectivity index (χ1v) is 10.7. The molecule has 1 N–H and O–H groups in total. The van der Waals surface area contributed by atoms with E-state index < -0.39 is 6.10 Å². The molecule has 1 aliphatic rings. The maximum absolute atomic E-state index is 10.5. The molecule has 0 saturated heterocycles. The molecule has 1 aliphatic heterocycles. The summed E-state index contributed by atoms with van der Waals surface area (Å²) in [5.41, 5.74) is 6.17. The number of ether oxygens (including phenoxy) is 1. The molecule has 2 heterocycles. The topological polar surface area (TPSA) is 50.5 Å². The van der Waals surface area contributed by atoms with Gasteiger partial charge in [0.2, 0.25) is 0 Å². The summed E-state index contributed by atoms with van der Waals surface area (Å²) in [4.78, 5) is 6.92. The van der Waals surface area contributed by atoms with Crippen LogP contribution in [0, 0.1) is 13.8 Å². The highest BCUT2D eigenvalue weighted by molar-refractivity contribution is 5.33. The summed E-state index contributed by atoms with van der Waals surface area (Å²) in [7, 11) is 0. The largest absolute Gasteiger partial charge is 0.491 e. The Kier molecular flexibility index (Phi) is 6.50. The molecular formula is C25H31N3O2. The maximum atomic E-state index is 10.5. The van der Waals surface area contributed by atoms with E-state index in [4.69, 9.17) is 4.74 Å². The molecule has 0 spiro atoms. The van der Waals surface area contributed by atoms with Gasteiger partial charge in [0, 0.05) is 38.3 Å². The highest BCUT2D eigenvalue weighted by Gasteiger charge is 2.22. The lowest BCUT2D eigenvalue weighted by molar-refractivity contribution is 0.0630. The number of rotatable bonds is 8. The SMILES string of the molecule is Cc1cc(C)cc(OCC(O)CN2CCc3c(ncn3CCc3ccccc3)C2)c1. The van der Waals surface area contributed by atoms with Gasteiger partial charge in [-0.3, -0.25) is 4.90 Å². The van der Waals surface area contributed by atoms with Gasteiger partial charge in [0.1, 0.15) is 18.5 Å². The van der Waals surface area contributed by atoms with E-state index in [1.54, 1.807) is 0 Å². The molecule has 0 saturated carbocycles. The summed E-state index contributed by atoms with van der Waals surface area (Å²) in [5, 5.41) is 10.5. The van der Waals surface area contributed by atoms with Crippen LogP contribution in [0.4, 0.5) is 0 Å². The minimum absolute atomic E-state index is 0.303. The Morgan fingerprint density at radius 2 is 1.87 bits per heavy atom. The first-order valence-electron chi connectivity index (χ1n) is 10.7. The van der Waals surface area contributed by atoms with Crippen molar-refractivity contribution in [1.29, 1.82) is 0 Å². The van der Waals surface area contributed by atoms with Crippen LogP contribution in [0.25, 0.3) is 0 Å². The molecule has 0 aliphatic carbocycles. The molecule has 5 heteroatoms. The second-order valence-electron chi connectivity index (χ2n) is 8.34. The van der Waals surface area contributed by atoms with E-state index in [9.17, 15) is 5.11 Å². The van der Waals surface area contributed by atoms with Crippen molar-refractivity contribution in [2.75, 3.05) is 19.7 Å². The number of aliphatic hydroxyl groups excluding tert-OH is 1. The van der Waals surface area contributed by atoms with Crippen LogP contribution in [0.1, 0.15) is 28.1 Å². The van der Waals surface area contributed by atoms with E-state index >= 15 is 0 Å². The van der Waals surface area contributed by atoms with Crippen LogP contribution in [-0.2, 0) is 25.9 Å². The standard InChI is InChI=1S/C25H31N3O2/c1-19-12-20(2)14-23(13-19)30-17-22(29)15-27-10-9-25-24(16-27)26-18-28(25)11-8-21-6-4-3-5-7-21/h3-7,12-14,18,22,29H,8-11,15-17H2,1-2H3. The molecule has 1 unspecified atom stereocenters. The molecule has 158 valence electrons. The number of hydrogen-bond donors (Lipinski definition) is 1. The summed E-state index contributed by atoms with van der Waals surface area (Å²) >= 11 is 0. The van der Waals surface area contributed by atoms with Crippen LogP contribution in [0.15, 0.2) is 54.9 Å². The van der Waals surface area contributed by atoms with Gasteiger partial charge in [-0.05, 0) is 49.1 Å². The number of imidazole rings is 1. The molecule has 30 heavy (non-hydrogen) atoms. The molecule has 1 aromatic heterocycles. The molecule has 0 radical (unpaired) electrons. The fourth-order valence-corrected chi connectivity index (χ4v) is 4.23. The van der Waals surface area contributed by atoms with E-state index in [1.165, 1.54) is 22.4 Å². The molecule has 5 nitrogen and oxygen atoms in total. The van der Waals surface area contributed by atoms with Gasteiger partial charge in [-0.2, -0.15) is 0 Å². The summed E-state index contributed by atoms with van der Waals surface area (Å²) in [6.07, 6.45) is 3.43. The Morgan fingerprint density at radius 1 is 1.10 bits per heavy atom. The Labute approximate surface area is 178 Å². The smallest absolute Gasteiger partial charge is 0.119 e. The van der Waals surface area contributed by atoms with Crippen molar-refractivity contribution in [1.82, 2.24) is 14.5 Å². The molecule has 1 atom stereocenters. The zero-order valence-electron chi connectivity index (χ0n) is 17.9. The van der Waals surface area contributed by atoms with Crippen molar-refractivity contribution < 1.29 is 9.84 Å². The molecular weight excluding hydrogens is 374 g/mol. The van der Waals surface area contributed by atoms with E-state index in [1.807, 2.05) is 18.5 Å². The number of fused-ring (bicyclic) bond motifs is 1. The molecule has 0 bridgehead atoms. The van der Waals surface area contributed by atoms with Gasteiger partial charge in [-0.15, -0.1) is 0 Å². The van der Waals surface area contributed by atoms with Gasteiger partial charge in [0.15, 0.2) is 0 Å². The van der Waals surface area contributed by atoms with Gasteiger partial charge in [-0.25, -0.2) is 4.98 Å². The zero-order valence-corrected chi connectivity index (χ0v) is 17.9. The molecule has 3 aromatic rings. The van der Waals surface area contributed by atoms with Gasteiger partial charge >= 0.3 is 0 Å². The lowest BCUT2D eigenvalue weighted by Crippen LogP contribution is -2.39. The monoisotopic (exact) mass is 405 g/mol. The predicted octanol–water partition coefficient (Wildman–Crippen LogP) is 3.54. The van der Waals surface area contributed by atoms with Crippen molar-refractivity contribution >= 4 is 0 Å². The first-order chi connectivity index (χ1) is 14.6. The molecule has 2 aromatic carbocycles. The lowest BCUT2D eigenvalue weighted by Gasteiger charge is -2.28. The number of aromatic nitrogens is 2. The summed E-state index contributed by atoms with van der Waals surface area (Å²) in [5.74, 6) is 0.824. The third kappa shape index (κ3) is 5.29. The average Bonchev–Trinajstić information content (AvgIpc) is 3.13. The van der Waals surface area contributed by atoms with Gasteiger partial charge in [-0.1, -0.05) is 36.4 Å². The third-order valence-electron chi connectivity index (χ3n) is 5.66. The number of aryl methyl sites for hydroxylation is 4. The second-order valence-corrected chi connectivity index (χ2v) is 8.34. The minimum atomic E-state index is -0.521.